The second-order valence-electron chi connectivity index (χ2n) is 6.80. The molecule has 11 heteroatoms. The number of unbranched alkanes of at least 4 members (excludes halogenated alkanes) is 1. The molecule has 27 heavy (non-hydrogen) atoms. The first-order valence-corrected chi connectivity index (χ1v) is 12.0. The molecule has 0 bridgehead atoms. The van der Waals surface area contributed by atoms with Crippen molar-refractivity contribution in [2.75, 3.05) is 12.3 Å². The molecular weight excluding hydrogens is 413 g/mol. The van der Waals surface area contributed by atoms with E-state index in [0.29, 0.717) is 11.3 Å². The van der Waals surface area contributed by atoms with Gasteiger partial charge in [-0.25, -0.2) is 0 Å². The molecule has 2 atom stereocenters. The SMILES string of the molecule is CC1(CC#P=O)C2=C(C=C[C+]=C2)N(CCCCS(=O)(=O)O)C1(C)S(=O)(=O)O. The third-order valence-corrected chi connectivity index (χ3v) is 8.07. The molecule has 1 aliphatic heterocycles. The molecule has 2 unspecified atom stereocenters. The molecule has 0 aromatic rings. The molecule has 0 saturated heterocycles. The Morgan fingerprint density at radius 2 is 1.89 bits per heavy atom. The molecule has 0 aromatic carbocycles. The summed E-state index contributed by atoms with van der Waals surface area (Å²) in [5.74, 6) is -0.438. The van der Waals surface area contributed by atoms with Crippen LogP contribution in [0.2, 0.25) is 0 Å². The first-order chi connectivity index (χ1) is 12.4. The first-order valence-electron chi connectivity index (χ1n) is 8.14. The Labute approximate surface area is 160 Å². The predicted octanol–water partition coefficient (Wildman–Crippen LogP) is 2.40. The van der Waals surface area contributed by atoms with E-state index in [1.807, 2.05) is 0 Å². The van der Waals surface area contributed by atoms with Gasteiger partial charge in [0.05, 0.1) is 0 Å². The maximum absolute atomic E-state index is 12.5. The molecule has 0 spiro atoms. The molecule has 0 saturated carbocycles. The summed E-state index contributed by atoms with van der Waals surface area (Å²) >= 11 is 0. The Kier molecular flexibility index (Phi) is 6.24. The molecule has 2 N–H and O–H groups in total. The van der Waals surface area contributed by atoms with Crippen molar-refractivity contribution >= 4 is 28.2 Å². The van der Waals surface area contributed by atoms with E-state index in [2.05, 4.69) is 11.7 Å². The average molecular weight is 434 g/mol. The third kappa shape index (κ3) is 3.98. The van der Waals surface area contributed by atoms with E-state index in [1.165, 1.54) is 11.8 Å². The van der Waals surface area contributed by atoms with E-state index in [0.717, 1.165) is 0 Å². The topological polar surface area (TPSA) is 129 Å². The van der Waals surface area contributed by atoms with Crippen LogP contribution < -0.4 is 0 Å². The van der Waals surface area contributed by atoms with Gasteiger partial charge in [0, 0.05) is 0 Å². The molecule has 2 aliphatic rings. The summed E-state index contributed by atoms with van der Waals surface area (Å²) in [7, 11) is -9.11. The molecule has 1 heterocycles. The number of allylic oxidation sites excluding steroid dienone is 4. The van der Waals surface area contributed by atoms with Gasteiger partial charge in [-0.15, -0.1) is 0 Å². The van der Waals surface area contributed by atoms with Crippen molar-refractivity contribution in [2.45, 2.75) is 38.0 Å². The van der Waals surface area contributed by atoms with E-state index >= 15 is 0 Å². The zero-order valence-corrected chi connectivity index (χ0v) is 17.4. The molecule has 2 rings (SSSR count). The summed E-state index contributed by atoms with van der Waals surface area (Å²) in [6.07, 6.45) is 8.20. The number of hydrogen-bond donors (Lipinski definition) is 2. The van der Waals surface area contributed by atoms with E-state index in [4.69, 9.17) is 4.55 Å². The van der Waals surface area contributed by atoms with Crippen molar-refractivity contribution in [2.24, 2.45) is 5.41 Å². The van der Waals surface area contributed by atoms with Crippen LogP contribution in [-0.2, 0) is 24.8 Å². The van der Waals surface area contributed by atoms with E-state index < -0.39 is 36.3 Å². The number of rotatable bonds is 7. The van der Waals surface area contributed by atoms with E-state index in [9.17, 15) is 26.0 Å². The van der Waals surface area contributed by atoms with Gasteiger partial charge in [0.1, 0.15) is 0 Å². The summed E-state index contributed by atoms with van der Waals surface area (Å²) in [5, 5.41) is 0. The van der Waals surface area contributed by atoms with Crippen LogP contribution in [0.5, 0.6) is 0 Å². The fourth-order valence-corrected chi connectivity index (χ4v) is 5.81. The molecule has 0 amide bonds. The quantitative estimate of drug-likeness (QED) is 0.270. The zero-order chi connectivity index (χ0) is 20.5. The second-order valence-corrected chi connectivity index (χ2v) is 10.6. The monoisotopic (exact) mass is 434 g/mol. The Bertz CT molecular complexity index is 1020. The molecule has 1 aliphatic carbocycles. The third-order valence-electron chi connectivity index (χ3n) is 5.30. The van der Waals surface area contributed by atoms with Crippen LogP contribution in [0.3, 0.4) is 0 Å². The molecule has 8 nitrogen and oxygen atoms in total. The summed E-state index contributed by atoms with van der Waals surface area (Å²) in [4.78, 5) is -0.272. The van der Waals surface area contributed by atoms with Crippen LogP contribution in [0.1, 0.15) is 33.1 Å². The standard InChI is InChI=1S/C16H20NO7PS2/c1-15(9-11-25-18)13-7-3-4-8-14(13)17(16(15,2)27(22,23)24)10-5-6-12-26(19,20)21/h4,7-8H,5-6,9-10,12H2,1-2H3,(H-,19,20,21,22,23,24)/p+1. The van der Waals surface area contributed by atoms with E-state index in [-0.39, 0.29) is 33.7 Å². The normalized spacial score (nSPS) is 27.3. The molecule has 0 radical (unpaired) electrons. The fraction of sp³-hybridized carbons (Fsp3) is 0.562. The van der Waals surface area contributed by atoms with Gasteiger partial charge >= 0.3 is 160 Å². The summed E-state index contributed by atoms with van der Waals surface area (Å²) in [5.41, 5.74) is 2.61. The van der Waals surface area contributed by atoms with Crippen LogP contribution >= 0.6 is 7.92 Å². The van der Waals surface area contributed by atoms with Crippen molar-refractivity contribution in [1.29, 1.82) is 0 Å². The first kappa shape index (κ1) is 22.1. The Morgan fingerprint density at radius 1 is 1.22 bits per heavy atom. The van der Waals surface area contributed by atoms with Crippen LogP contribution in [0, 0.1) is 17.1 Å². The van der Waals surface area contributed by atoms with Gasteiger partial charge < -0.3 is 0 Å². The second kappa shape index (κ2) is 7.64. The maximum atomic E-state index is 12.5. The molecule has 0 fully saturated rings. The van der Waals surface area contributed by atoms with Gasteiger partial charge in [0.2, 0.25) is 0 Å². The van der Waals surface area contributed by atoms with Crippen molar-refractivity contribution in [1.82, 2.24) is 4.90 Å². The van der Waals surface area contributed by atoms with Crippen molar-refractivity contribution < 1.29 is 30.5 Å². The van der Waals surface area contributed by atoms with Gasteiger partial charge in [-0.3, -0.25) is 0 Å². The summed E-state index contributed by atoms with van der Waals surface area (Å²) in [6.45, 7) is 3.16. The predicted molar refractivity (Wildman–Crippen MR) is 101 cm³/mol. The fourth-order valence-electron chi connectivity index (χ4n) is 3.64. The Hall–Kier alpha value is -1.24. The summed E-state index contributed by atoms with van der Waals surface area (Å²) < 4.78 is 76.6. The molecule has 0 aromatic heterocycles. The van der Waals surface area contributed by atoms with Gasteiger partial charge in [0.15, 0.2) is 0 Å². The molecule has 148 valence electrons. The average Bonchev–Trinajstić information content (AvgIpc) is 2.76. The van der Waals surface area contributed by atoms with Crippen LogP contribution in [0.25, 0.3) is 0 Å². The number of nitrogens with zero attached hydrogens (tertiary/aromatic N) is 1. The van der Waals surface area contributed by atoms with Gasteiger partial charge in [-0.2, -0.15) is 0 Å². The summed E-state index contributed by atoms with van der Waals surface area (Å²) in [6, 6.07) is 0. The van der Waals surface area contributed by atoms with Crippen molar-refractivity contribution in [3.63, 3.8) is 0 Å². The van der Waals surface area contributed by atoms with E-state index in [1.54, 1.807) is 25.2 Å². The minimum atomic E-state index is -4.62. The van der Waals surface area contributed by atoms with Crippen LogP contribution in [0.15, 0.2) is 29.5 Å². The zero-order valence-electron chi connectivity index (χ0n) is 14.9. The van der Waals surface area contributed by atoms with Gasteiger partial charge in [-0.05, 0) is 0 Å². The molecular formula is C16H21NO7PS2+. The minimum absolute atomic E-state index is 0.000712. The van der Waals surface area contributed by atoms with Crippen LogP contribution in [0.4, 0.5) is 0 Å². The van der Waals surface area contributed by atoms with Crippen molar-refractivity contribution in [3.05, 3.63) is 35.6 Å². The Morgan fingerprint density at radius 3 is 2.44 bits per heavy atom. The van der Waals surface area contributed by atoms with Crippen LogP contribution in [-0.4, -0.2) is 48.0 Å². The van der Waals surface area contributed by atoms with Gasteiger partial charge in [-0.1, -0.05) is 0 Å². The number of hydrogen-bond acceptors (Lipinski definition) is 6. The van der Waals surface area contributed by atoms with Gasteiger partial charge in [0.25, 0.3) is 0 Å². The van der Waals surface area contributed by atoms with Crippen molar-refractivity contribution in [3.8, 4) is 5.63 Å². The Balaban J connectivity index is 2.50.